The summed E-state index contributed by atoms with van der Waals surface area (Å²) >= 11 is 1.34. The highest BCUT2D eigenvalue weighted by molar-refractivity contribution is 7.99. The maximum Gasteiger partial charge on any atom is 0.262 e. The molecule has 1 fully saturated rings. The molecular formula is C18H23N3O2S. The molecule has 1 aliphatic rings. The first-order valence-electron chi connectivity index (χ1n) is 8.49. The minimum Gasteiger partial charge on any atom is -0.353 e. The third-order valence-corrected chi connectivity index (χ3v) is 5.30. The third-order valence-electron chi connectivity index (χ3n) is 4.34. The van der Waals surface area contributed by atoms with E-state index in [0.717, 1.165) is 12.8 Å². The van der Waals surface area contributed by atoms with Gasteiger partial charge in [0, 0.05) is 12.1 Å². The lowest BCUT2D eigenvalue weighted by Gasteiger charge is -2.16. The summed E-state index contributed by atoms with van der Waals surface area (Å²) in [6, 6.07) is 7.66. The number of hydrogen-bond donors (Lipinski definition) is 1. The minimum absolute atomic E-state index is 0.00463. The van der Waals surface area contributed by atoms with E-state index in [1.165, 1.54) is 24.6 Å². The quantitative estimate of drug-likeness (QED) is 0.668. The summed E-state index contributed by atoms with van der Waals surface area (Å²) in [5, 5.41) is 4.30. The molecule has 1 amide bonds. The van der Waals surface area contributed by atoms with Gasteiger partial charge in [-0.3, -0.25) is 14.2 Å². The Bertz CT molecular complexity index is 794. The summed E-state index contributed by atoms with van der Waals surface area (Å²) in [5.41, 5.74) is 0.632. The number of benzene rings is 1. The highest BCUT2D eigenvalue weighted by Crippen LogP contribution is 2.22. The van der Waals surface area contributed by atoms with Gasteiger partial charge < -0.3 is 5.32 Å². The number of nitrogens with zero attached hydrogens (tertiary/aromatic N) is 2. The lowest BCUT2D eigenvalue weighted by atomic mass is 10.2. The smallest absolute Gasteiger partial charge is 0.262 e. The number of rotatable bonds is 5. The van der Waals surface area contributed by atoms with Crippen molar-refractivity contribution in [2.45, 2.75) is 56.8 Å². The van der Waals surface area contributed by atoms with Gasteiger partial charge in [0.1, 0.15) is 0 Å². The van der Waals surface area contributed by atoms with Crippen LogP contribution >= 0.6 is 11.8 Å². The molecule has 2 aromatic rings. The van der Waals surface area contributed by atoms with Gasteiger partial charge >= 0.3 is 0 Å². The number of carbonyl (C=O) groups excluding carboxylic acids is 1. The third kappa shape index (κ3) is 3.64. The fraction of sp³-hybridized carbons (Fsp3) is 0.500. The van der Waals surface area contributed by atoms with Gasteiger partial charge in [0.05, 0.1) is 16.7 Å². The second-order valence-corrected chi connectivity index (χ2v) is 7.46. The van der Waals surface area contributed by atoms with Gasteiger partial charge in [0.15, 0.2) is 5.16 Å². The standard InChI is InChI=1S/C18H23N3O2S/c1-12(2)21-17(23)14-9-5-6-10-15(14)20-18(21)24-11-16(22)19-13-7-3-4-8-13/h5-6,9-10,12-13H,3-4,7-8,11H2,1-2H3,(H,19,22). The number of amides is 1. The normalized spacial score (nSPS) is 15.3. The average Bonchev–Trinajstić information content (AvgIpc) is 3.05. The highest BCUT2D eigenvalue weighted by Gasteiger charge is 2.19. The molecule has 1 saturated carbocycles. The zero-order chi connectivity index (χ0) is 17.1. The van der Waals surface area contributed by atoms with Gasteiger partial charge in [0.2, 0.25) is 5.91 Å². The number of carbonyl (C=O) groups is 1. The molecule has 0 spiro atoms. The molecule has 128 valence electrons. The van der Waals surface area contributed by atoms with Crippen LogP contribution in [0.15, 0.2) is 34.2 Å². The fourth-order valence-corrected chi connectivity index (χ4v) is 4.09. The summed E-state index contributed by atoms with van der Waals surface area (Å²) in [4.78, 5) is 29.5. The molecule has 0 atom stereocenters. The van der Waals surface area contributed by atoms with Crippen LogP contribution in [0.1, 0.15) is 45.6 Å². The Labute approximate surface area is 145 Å². The van der Waals surface area contributed by atoms with E-state index in [0.29, 0.717) is 22.1 Å². The van der Waals surface area contributed by atoms with Crippen LogP contribution in [-0.2, 0) is 4.79 Å². The molecule has 1 aliphatic carbocycles. The van der Waals surface area contributed by atoms with Gasteiger partial charge in [-0.2, -0.15) is 0 Å². The SMILES string of the molecule is CC(C)n1c(SCC(=O)NC2CCCC2)nc2ccccc2c1=O. The van der Waals surface area contributed by atoms with Crippen molar-refractivity contribution in [1.29, 1.82) is 0 Å². The van der Waals surface area contributed by atoms with Crippen LogP contribution in [0, 0.1) is 0 Å². The molecule has 5 nitrogen and oxygen atoms in total. The van der Waals surface area contributed by atoms with E-state index in [9.17, 15) is 9.59 Å². The van der Waals surface area contributed by atoms with Crippen LogP contribution in [-0.4, -0.2) is 27.3 Å². The first-order valence-corrected chi connectivity index (χ1v) is 9.48. The molecule has 0 radical (unpaired) electrons. The van der Waals surface area contributed by atoms with E-state index >= 15 is 0 Å². The highest BCUT2D eigenvalue weighted by atomic mass is 32.2. The molecule has 0 bridgehead atoms. The van der Waals surface area contributed by atoms with Crippen molar-refractivity contribution in [1.82, 2.24) is 14.9 Å². The number of thioether (sulfide) groups is 1. The monoisotopic (exact) mass is 345 g/mol. The molecule has 0 saturated heterocycles. The van der Waals surface area contributed by atoms with Crippen molar-refractivity contribution in [3.63, 3.8) is 0 Å². The van der Waals surface area contributed by atoms with E-state index in [-0.39, 0.29) is 23.3 Å². The summed E-state index contributed by atoms with van der Waals surface area (Å²) < 4.78 is 1.68. The Morgan fingerprint density at radius 1 is 1.33 bits per heavy atom. The molecule has 1 aromatic carbocycles. The van der Waals surface area contributed by atoms with Crippen molar-refractivity contribution in [2.75, 3.05) is 5.75 Å². The van der Waals surface area contributed by atoms with Crippen LogP contribution in [0.25, 0.3) is 10.9 Å². The average molecular weight is 345 g/mol. The lowest BCUT2D eigenvalue weighted by molar-refractivity contribution is -0.119. The number of para-hydroxylation sites is 1. The second kappa shape index (κ2) is 7.38. The maximum atomic E-state index is 12.7. The summed E-state index contributed by atoms with van der Waals surface area (Å²) in [6.45, 7) is 3.92. The summed E-state index contributed by atoms with van der Waals surface area (Å²) in [7, 11) is 0. The van der Waals surface area contributed by atoms with Crippen molar-refractivity contribution < 1.29 is 4.79 Å². The lowest BCUT2D eigenvalue weighted by Crippen LogP contribution is -2.34. The second-order valence-electron chi connectivity index (χ2n) is 6.52. The molecule has 0 unspecified atom stereocenters. The molecule has 1 aromatic heterocycles. The number of nitrogens with one attached hydrogen (secondary N) is 1. The van der Waals surface area contributed by atoms with E-state index in [1.54, 1.807) is 10.6 Å². The molecule has 0 aliphatic heterocycles. The zero-order valence-electron chi connectivity index (χ0n) is 14.1. The first kappa shape index (κ1) is 17.0. The Balaban J connectivity index is 1.81. The predicted molar refractivity (Wildman–Crippen MR) is 97.5 cm³/mol. The van der Waals surface area contributed by atoms with Crippen molar-refractivity contribution in [2.24, 2.45) is 0 Å². The first-order chi connectivity index (χ1) is 11.6. The summed E-state index contributed by atoms with van der Waals surface area (Å²) in [6.07, 6.45) is 4.52. The van der Waals surface area contributed by atoms with E-state index in [2.05, 4.69) is 10.3 Å². The Hall–Kier alpha value is -1.82. The zero-order valence-corrected chi connectivity index (χ0v) is 14.9. The van der Waals surface area contributed by atoms with E-state index < -0.39 is 0 Å². The van der Waals surface area contributed by atoms with Crippen LogP contribution < -0.4 is 10.9 Å². The molecule has 1 N–H and O–H groups in total. The summed E-state index contributed by atoms with van der Waals surface area (Å²) in [5.74, 6) is 0.304. The Kier molecular flexibility index (Phi) is 5.23. The largest absolute Gasteiger partial charge is 0.353 e. The molecule has 24 heavy (non-hydrogen) atoms. The van der Waals surface area contributed by atoms with Crippen molar-refractivity contribution >= 4 is 28.6 Å². The maximum absolute atomic E-state index is 12.7. The number of aromatic nitrogens is 2. The topological polar surface area (TPSA) is 64.0 Å². The van der Waals surface area contributed by atoms with Gasteiger partial charge in [-0.05, 0) is 38.8 Å². The number of hydrogen-bond acceptors (Lipinski definition) is 4. The van der Waals surface area contributed by atoms with Crippen molar-refractivity contribution in [3.8, 4) is 0 Å². The van der Waals surface area contributed by atoms with Gasteiger partial charge in [0.25, 0.3) is 5.56 Å². The predicted octanol–water partition coefficient (Wildman–Crippen LogP) is 3.13. The number of fused-ring (bicyclic) bond motifs is 1. The van der Waals surface area contributed by atoms with Crippen molar-refractivity contribution in [3.05, 3.63) is 34.6 Å². The van der Waals surface area contributed by atoms with Crippen LogP contribution in [0.2, 0.25) is 0 Å². The molecular weight excluding hydrogens is 322 g/mol. The minimum atomic E-state index is -0.0469. The van der Waals surface area contributed by atoms with Gasteiger partial charge in [-0.1, -0.05) is 36.7 Å². The van der Waals surface area contributed by atoms with Crippen LogP contribution in [0.3, 0.4) is 0 Å². The van der Waals surface area contributed by atoms with E-state index in [4.69, 9.17) is 0 Å². The van der Waals surface area contributed by atoms with Gasteiger partial charge in [-0.25, -0.2) is 4.98 Å². The molecule has 6 heteroatoms. The van der Waals surface area contributed by atoms with Crippen LogP contribution in [0.5, 0.6) is 0 Å². The fourth-order valence-electron chi connectivity index (χ4n) is 3.15. The Morgan fingerprint density at radius 2 is 2.04 bits per heavy atom. The molecule has 3 rings (SSSR count). The molecule has 1 heterocycles. The Morgan fingerprint density at radius 3 is 2.75 bits per heavy atom. The van der Waals surface area contributed by atoms with Crippen LogP contribution in [0.4, 0.5) is 0 Å². The van der Waals surface area contributed by atoms with E-state index in [1.807, 2.05) is 32.0 Å². The van der Waals surface area contributed by atoms with Gasteiger partial charge in [-0.15, -0.1) is 0 Å².